The predicted octanol–water partition coefficient (Wildman–Crippen LogP) is 6.33. The third-order valence-corrected chi connectivity index (χ3v) is 5.41. The maximum atomic E-state index is 13.3. The summed E-state index contributed by atoms with van der Waals surface area (Å²) in [6, 6.07) is 17.7. The molecule has 1 fully saturated rings. The third kappa shape index (κ3) is 4.75. The first-order valence-electron chi connectivity index (χ1n) is 9.94. The summed E-state index contributed by atoms with van der Waals surface area (Å²) in [6.07, 6.45) is -0.904. The number of nitriles is 2. The Morgan fingerprint density at radius 3 is 2.21 bits per heavy atom. The van der Waals surface area contributed by atoms with Gasteiger partial charge in [-0.25, -0.2) is 4.90 Å². The second-order valence-corrected chi connectivity index (χ2v) is 7.72. The molecular formula is C24H15ClF3N5O. The molecule has 0 amide bonds. The minimum atomic E-state index is -4.52. The van der Waals surface area contributed by atoms with Crippen molar-refractivity contribution in [2.75, 3.05) is 11.4 Å². The van der Waals surface area contributed by atoms with Crippen molar-refractivity contribution in [2.45, 2.75) is 12.2 Å². The van der Waals surface area contributed by atoms with Crippen LogP contribution in [0.4, 0.5) is 18.9 Å². The summed E-state index contributed by atoms with van der Waals surface area (Å²) in [6.45, 7) is 0.0291. The van der Waals surface area contributed by atoms with Crippen molar-refractivity contribution in [1.29, 1.82) is 10.5 Å². The molecule has 0 saturated carbocycles. The lowest BCUT2D eigenvalue weighted by Crippen LogP contribution is -2.32. The zero-order chi connectivity index (χ0) is 24.3. The van der Waals surface area contributed by atoms with Crippen LogP contribution in [0.3, 0.4) is 0 Å². The quantitative estimate of drug-likeness (QED) is 0.407. The lowest BCUT2D eigenvalue weighted by Gasteiger charge is -2.26. The summed E-state index contributed by atoms with van der Waals surface area (Å²) in [4.78, 5) is 6.50. The topological polar surface area (TPSA) is 75.7 Å². The number of anilines is 1. The van der Waals surface area contributed by atoms with Crippen LogP contribution in [0.2, 0.25) is 5.02 Å². The number of halogens is 4. The van der Waals surface area contributed by atoms with Crippen LogP contribution in [0.1, 0.15) is 17.2 Å². The molecule has 1 atom stereocenters. The van der Waals surface area contributed by atoms with Crippen molar-refractivity contribution in [3.63, 3.8) is 0 Å². The van der Waals surface area contributed by atoms with Crippen LogP contribution in [-0.2, 0) is 6.18 Å². The fourth-order valence-corrected chi connectivity index (χ4v) is 3.76. The van der Waals surface area contributed by atoms with Gasteiger partial charge in [-0.15, -0.1) is 4.99 Å². The summed E-state index contributed by atoms with van der Waals surface area (Å²) in [5.74, 6) is 1.11. The van der Waals surface area contributed by atoms with Gasteiger partial charge in [-0.05, 0) is 66.2 Å². The van der Waals surface area contributed by atoms with E-state index < -0.39 is 17.8 Å². The van der Waals surface area contributed by atoms with Crippen LogP contribution >= 0.6 is 11.6 Å². The third-order valence-electron chi connectivity index (χ3n) is 5.16. The average molecular weight is 482 g/mol. The van der Waals surface area contributed by atoms with Crippen LogP contribution in [0.5, 0.6) is 11.5 Å². The molecule has 3 aromatic rings. The lowest BCUT2D eigenvalue weighted by molar-refractivity contribution is -0.137. The highest BCUT2D eigenvalue weighted by Crippen LogP contribution is 2.38. The van der Waals surface area contributed by atoms with Gasteiger partial charge in [-0.3, -0.25) is 0 Å². The Bertz CT molecular complexity index is 1290. The Balaban J connectivity index is 1.70. The maximum Gasteiger partial charge on any atom is 0.416 e. The summed E-state index contributed by atoms with van der Waals surface area (Å²) in [7, 11) is 0. The fraction of sp³-hybridized carbons (Fsp3) is 0.125. The van der Waals surface area contributed by atoms with Gasteiger partial charge in [-0.1, -0.05) is 23.7 Å². The number of ether oxygens (including phenoxy) is 1. The summed E-state index contributed by atoms with van der Waals surface area (Å²) in [5, 5.41) is 19.3. The Morgan fingerprint density at radius 1 is 0.971 bits per heavy atom. The SMILES string of the molecule is N#C/N=C1/N(C#N)C[C@H](c2cccc(C(F)(F)F)c2)N1c1ccc(Oc2ccc(Cl)cc2)cc1. The molecule has 0 radical (unpaired) electrons. The van der Waals surface area contributed by atoms with E-state index in [1.807, 2.05) is 6.19 Å². The first kappa shape index (κ1) is 23.0. The molecular weight excluding hydrogens is 467 g/mol. The lowest BCUT2D eigenvalue weighted by atomic mass is 10.0. The molecule has 0 spiro atoms. The van der Waals surface area contributed by atoms with Gasteiger partial charge in [0, 0.05) is 10.7 Å². The number of hydrogen-bond acceptors (Lipinski definition) is 4. The van der Waals surface area contributed by atoms with Crippen LogP contribution < -0.4 is 9.64 Å². The molecule has 1 heterocycles. The summed E-state index contributed by atoms with van der Waals surface area (Å²) < 4.78 is 45.7. The maximum absolute atomic E-state index is 13.3. The van der Waals surface area contributed by atoms with Crippen LogP contribution in [0.25, 0.3) is 0 Å². The molecule has 3 aromatic carbocycles. The highest BCUT2D eigenvalue weighted by molar-refractivity contribution is 6.30. The number of nitrogens with zero attached hydrogens (tertiary/aromatic N) is 5. The normalized spacial score (nSPS) is 16.9. The van der Waals surface area contributed by atoms with Crippen molar-refractivity contribution in [3.05, 3.63) is 88.9 Å². The standard InChI is InChI=1S/C24H15ClF3N5O/c25-18-4-8-20(9-5-18)34-21-10-6-19(7-11-21)33-22(13-32(15-30)23(33)31-14-29)16-2-1-3-17(12-16)24(26,27)28/h1-12,22H,13H2/b31-23-/t22-/m1/s1. The first-order chi connectivity index (χ1) is 16.3. The second-order valence-electron chi connectivity index (χ2n) is 7.28. The van der Waals surface area contributed by atoms with E-state index in [1.54, 1.807) is 65.7 Å². The molecule has 10 heteroatoms. The van der Waals surface area contributed by atoms with E-state index in [0.29, 0.717) is 27.8 Å². The van der Waals surface area contributed by atoms with Crippen LogP contribution in [0, 0.1) is 22.9 Å². The minimum Gasteiger partial charge on any atom is -0.457 e. The molecule has 1 aliphatic heterocycles. The van der Waals surface area contributed by atoms with Gasteiger partial charge in [0.05, 0.1) is 18.2 Å². The number of benzene rings is 3. The van der Waals surface area contributed by atoms with Gasteiger partial charge >= 0.3 is 6.18 Å². The smallest absolute Gasteiger partial charge is 0.416 e. The Morgan fingerprint density at radius 2 is 1.62 bits per heavy atom. The van der Waals surface area contributed by atoms with Crippen LogP contribution in [-0.4, -0.2) is 17.4 Å². The largest absolute Gasteiger partial charge is 0.457 e. The molecule has 0 N–H and O–H groups in total. The zero-order valence-corrected chi connectivity index (χ0v) is 18.1. The van der Waals surface area contributed by atoms with E-state index in [1.165, 1.54) is 11.0 Å². The predicted molar refractivity (Wildman–Crippen MR) is 120 cm³/mol. The first-order valence-corrected chi connectivity index (χ1v) is 10.3. The number of rotatable bonds is 4. The van der Waals surface area contributed by atoms with Crippen molar-refractivity contribution >= 4 is 23.2 Å². The summed E-state index contributed by atoms with van der Waals surface area (Å²) >= 11 is 5.89. The number of guanidine groups is 1. The van der Waals surface area contributed by atoms with Crippen molar-refractivity contribution < 1.29 is 17.9 Å². The highest BCUT2D eigenvalue weighted by atomic mass is 35.5. The molecule has 0 aromatic heterocycles. The molecule has 0 bridgehead atoms. The van der Waals surface area contributed by atoms with Crippen molar-refractivity contribution in [3.8, 4) is 23.9 Å². The molecule has 1 saturated heterocycles. The molecule has 6 nitrogen and oxygen atoms in total. The molecule has 4 rings (SSSR count). The Kier molecular flexibility index (Phi) is 6.31. The van der Waals surface area contributed by atoms with E-state index >= 15 is 0 Å². The van der Waals surface area contributed by atoms with Crippen LogP contribution in [0.15, 0.2) is 77.8 Å². The monoisotopic (exact) mass is 481 g/mol. The molecule has 1 aliphatic rings. The Hall–Kier alpha value is -4.21. The van der Waals surface area contributed by atoms with Gasteiger partial charge in [0.2, 0.25) is 12.2 Å². The van der Waals surface area contributed by atoms with E-state index in [-0.39, 0.29) is 12.5 Å². The number of alkyl halides is 3. The number of hydrogen-bond donors (Lipinski definition) is 0. The van der Waals surface area contributed by atoms with E-state index in [2.05, 4.69) is 4.99 Å². The van der Waals surface area contributed by atoms with E-state index in [4.69, 9.17) is 21.6 Å². The van der Waals surface area contributed by atoms with Gasteiger partial charge in [0.15, 0.2) is 6.19 Å². The molecule has 0 aliphatic carbocycles. The fourth-order valence-electron chi connectivity index (χ4n) is 3.64. The van der Waals surface area contributed by atoms with E-state index in [9.17, 15) is 18.4 Å². The Labute approximate surface area is 198 Å². The molecule has 170 valence electrons. The zero-order valence-electron chi connectivity index (χ0n) is 17.4. The second kappa shape index (κ2) is 9.34. The van der Waals surface area contributed by atoms with Gasteiger partial charge < -0.3 is 9.64 Å². The molecule has 34 heavy (non-hydrogen) atoms. The van der Waals surface area contributed by atoms with Gasteiger partial charge in [0.1, 0.15) is 11.5 Å². The van der Waals surface area contributed by atoms with Gasteiger partial charge in [0.25, 0.3) is 0 Å². The number of aliphatic imine (C=N–C) groups is 1. The highest BCUT2D eigenvalue weighted by Gasteiger charge is 2.39. The van der Waals surface area contributed by atoms with Crippen molar-refractivity contribution in [1.82, 2.24) is 4.90 Å². The van der Waals surface area contributed by atoms with Crippen molar-refractivity contribution in [2.24, 2.45) is 4.99 Å². The minimum absolute atomic E-state index is 0.0266. The summed E-state index contributed by atoms with van der Waals surface area (Å²) in [5.41, 5.74) is 0.0585. The molecule has 0 unspecified atom stereocenters. The average Bonchev–Trinajstić information content (AvgIpc) is 3.19. The van der Waals surface area contributed by atoms with E-state index in [0.717, 1.165) is 12.1 Å². The van der Waals surface area contributed by atoms with Gasteiger partial charge in [-0.2, -0.15) is 23.7 Å².